The number of anilines is 3. The highest BCUT2D eigenvalue weighted by Crippen LogP contribution is 2.33. The summed E-state index contributed by atoms with van der Waals surface area (Å²) >= 11 is 0. The number of benzene rings is 1. The molecule has 0 unspecified atom stereocenters. The molecule has 0 amide bonds. The number of nitrogens with zero attached hydrogens (tertiary/aromatic N) is 4. The first-order chi connectivity index (χ1) is 13.2. The van der Waals surface area contributed by atoms with Crippen LogP contribution >= 0.6 is 0 Å². The van der Waals surface area contributed by atoms with Crippen LogP contribution < -0.4 is 16.4 Å². The van der Waals surface area contributed by atoms with Crippen LogP contribution in [0.25, 0.3) is 33.3 Å². The number of morpholine rings is 1. The number of aromatic nitrogens is 3. The van der Waals surface area contributed by atoms with E-state index in [0.29, 0.717) is 23.1 Å². The number of hydrogen-bond acceptors (Lipinski definition) is 8. The number of nitrogens with two attached hydrogens (primary N) is 2. The molecule has 4 heterocycles. The van der Waals surface area contributed by atoms with Gasteiger partial charge in [0.25, 0.3) is 0 Å². The van der Waals surface area contributed by atoms with Crippen LogP contribution in [0, 0.1) is 0 Å². The van der Waals surface area contributed by atoms with Crippen molar-refractivity contribution in [3.8, 4) is 11.5 Å². The number of fused-ring (bicyclic) bond motifs is 2. The Bertz CT molecular complexity index is 1150. The molecule has 8 nitrogen and oxygen atoms in total. The Balaban J connectivity index is 1.62. The predicted molar refractivity (Wildman–Crippen MR) is 104 cm³/mol. The largest absolute Gasteiger partial charge is 0.436 e. The zero-order valence-electron chi connectivity index (χ0n) is 14.6. The van der Waals surface area contributed by atoms with Crippen LogP contribution in [0.15, 0.2) is 41.1 Å². The zero-order valence-corrected chi connectivity index (χ0v) is 14.6. The second-order valence-corrected chi connectivity index (χ2v) is 6.48. The first-order valence-electron chi connectivity index (χ1n) is 8.72. The monoisotopic (exact) mass is 362 g/mol. The van der Waals surface area contributed by atoms with Crippen LogP contribution in [0.3, 0.4) is 0 Å². The van der Waals surface area contributed by atoms with Crippen LogP contribution in [0.5, 0.6) is 0 Å². The van der Waals surface area contributed by atoms with Crippen molar-refractivity contribution in [2.45, 2.75) is 0 Å². The van der Waals surface area contributed by atoms with E-state index in [9.17, 15) is 0 Å². The lowest BCUT2D eigenvalue weighted by Gasteiger charge is -2.28. The van der Waals surface area contributed by atoms with Crippen molar-refractivity contribution in [1.29, 1.82) is 0 Å². The smallest absolute Gasteiger partial charge is 0.229 e. The highest BCUT2D eigenvalue weighted by Gasteiger charge is 2.17. The third-order valence-corrected chi connectivity index (χ3v) is 4.80. The summed E-state index contributed by atoms with van der Waals surface area (Å²) in [6, 6.07) is 7.79. The van der Waals surface area contributed by atoms with Crippen LogP contribution in [0.1, 0.15) is 0 Å². The average Bonchev–Trinajstić information content (AvgIpc) is 3.11. The van der Waals surface area contributed by atoms with Gasteiger partial charge < -0.3 is 25.5 Å². The maximum atomic E-state index is 5.99. The Morgan fingerprint density at radius 1 is 0.963 bits per heavy atom. The number of oxazole rings is 1. The van der Waals surface area contributed by atoms with Crippen molar-refractivity contribution in [1.82, 2.24) is 15.0 Å². The maximum Gasteiger partial charge on any atom is 0.229 e. The summed E-state index contributed by atoms with van der Waals surface area (Å²) in [4.78, 5) is 15.3. The second-order valence-electron chi connectivity index (χ2n) is 6.48. The van der Waals surface area contributed by atoms with Gasteiger partial charge in [-0.1, -0.05) is 0 Å². The Labute approximate surface area is 154 Å². The molecule has 1 saturated heterocycles. The summed E-state index contributed by atoms with van der Waals surface area (Å²) in [5.41, 5.74) is 15.2. The minimum Gasteiger partial charge on any atom is -0.436 e. The molecule has 0 aliphatic carbocycles. The van der Waals surface area contributed by atoms with Crippen molar-refractivity contribution in [3.05, 3.63) is 36.7 Å². The van der Waals surface area contributed by atoms with Crippen molar-refractivity contribution in [2.24, 2.45) is 0 Å². The molecule has 4 aromatic rings. The van der Waals surface area contributed by atoms with E-state index >= 15 is 0 Å². The summed E-state index contributed by atoms with van der Waals surface area (Å²) in [6.45, 7) is 3.21. The molecule has 1 fully saturated rings. The molecule has 0 saturated carbocycles. The predicted octanol–water partition coefficient (Wildman–Crippen LogP) is 2.44. The highest BCUT2D eigenvalue weighted by molar-refractivity contribution is 6.01. The molecular weight excluding hydrogens is 344 g/mol. The van der Waals surface area contributed by atoms with E-state index in [1.807, 2.05) is 18.2 Å². The summed E-state index contributed by atoms with van der Waals surface area (Å²) in [6.07, 6.45) is 3.28. The van der Waals surface area contributed by atoms with E-state index in [-0.39, 0.29) is 0 Å². The molecule has 0 atom stereocenters. The standard InChI is InChI=1S/C19H18N6O2/c20-17-8-12-13(9-22-17)18(21)23-10-14(12)19-24-15-7-11(1-2-16(15)27-19)25-3-5-26-6-4-25/h1-2,7-10H,3-6H2,(H2,20,22)(H2,21,23). The molecule has 0 bridgehead atoms. The summed E-state index contributed by atoms with van der Waals surface area (Å²) in [5.74, 6) is 1.28. The number of nitrogen functional groups attached to an aromatic ring is 2. The van der Waals surface area contributed by atoms with Gasteiger partial charge in [-0.3, -0.25) is 0 Å². The normalized spacial score (nSPS) is 14.9. The molecule has 136 valence electrons. The van der Waals surface area contributed by atoms with Crippen molar-refractivity contribution in [3.63, 3.8) is 0 Å². The molecule has 0 radical (unpaired) electrons. The molecular formula is C19H18N6O2. The SMILES string of the molecule is Nc1cc2c(-c3nc4cc(N5CCOCC5)ccc4o3)cnc(N)c2cn1. The van der Waals surface area contributed by atoms with Crippen LogP contribution in [-0.4, -0.2) is 41.3 Å². The topological polar surface area (TPSA) is 116 Å². The van der Waals surface area contributed by atoms with Gasteiger partial charge in [-0.15, -0.1) is 0 Å². The van der Waals surface area contributed by atoms with E-state index < -0.39 is 0 Å². The lowest BCUT2D eigenvalue weighted by Crippen LogP contribution is -2.36. The van der Waals surface area contributed by atoms with Gasteiger partial charge in [0.2, 0.25) is 5.89 Å². The number of ether oxygens (including phenoxy) is 1. The van der Waals surface area contributed by atoms with E-state index in [1.54, 1.807) is 18.5 Å². The van der Waals surface area contributed by atoms with Crippen LogP contribution in [0.4, 0.5) is 17.3 Å². The van der Waals surface area contributed by atoms with Gasteiger partial charge in [0.15, 0.2) is 5.58 Å². The molecule has 1 aliphatic heterocycles. The van der Waals surface area contributed by atoms with Gasteiger partial charge in [-0.05, 0) is 24.3 Å². The third-order valence-electron chi connectivity index (χ3n) is 4.80. The molecule has 4 N–H and O–H groups in total. The fourth-order valence-corrected chi connectivity index (χ4v) is 3.39. The Morgan fingerprint density at radius 3 is 2.67 bits per heavy atom. The van der Waals surface area contributed by atoms with Gasteiger partial charge in [0, 0.05) is 41.9 Å². The average molecular weight is 362 g/mol. The second kappa shape index (κ2) is 6.10. The van der Waals surface area contributed by atoms with Gasteiger partial charge >= 0.3 is 0 Å². The summed E-state index contributed by atoms with van der Waals surface area (Å²) in [7, 11) is 0. The molecule has 8 heteroatoms. The minimum atomic E-state index is 0.395. The summed E-state index contributed by atoms with van der Waals surface area (Å²) < 4.78 is 11.4. The van der Waals surface area contributed by atoms with Gasteiger partial charge in [-0.2, -0.15) is 0 Å². The van der Waals surface area contributed by atoms with Crippen molar-refractivity contribution in [2.75, 3.05) is 42.7 Å². The Kier molecular flexibility index (Phi) is 3.58. The van der Waals surface area contributed by atoms with Crippen molar-refractivity contribution >= 4 is 39.2 Å². The molecule has 5 rings (SSSR count). The molecule has 0 spiro atoms. The molecule has 3 aromatic heterocycles. The van der Waals surface area contributed by atoms with Gasteiger partial charge in [0.05, 0.1) is 18.8 Å². The van der Waals surface area contributed by atoms with E-state index in [1.165, 1.54) is 0 Å². The zero-order chi connectivity index (χ0) is 18.4. The molecule has 1 aliphatic rings. The lowest BCUT2D eigenvalue weighted by atomic mass is 10.1. The minimum absolute atomic E-state index is 0.395. The van der Waals surface area contributed by atoms with Crippen LogP contribution in [0.2, 0.25) is 0 Å². The number of hydrogen-bond donors (Lipinski definition) is 2. The summed E-state index contributed by atoms with van der Waals surface area (Å²) in [5, 5.41) is 1.54. The first-order valence-corrected chi connectivity index (χ1v) is 8.72. The fraction of sp³-hybridized carbons (Fsp3) is 0.211. The maximum absolute atomic E-state index is 5.99. The van der Waals surface area contributed by atoms with E-state index in [0.717, 1.165) is 53.8 Å². The Hall–Kier alpha value is -3.39. The van der Waals surface area contributed by atoms with Gasteiger partial charge in [0.1, 0.15) is 17.2 Å². The van der Waals surface area contributed by atoms with Gasteiger partial charge in [-0.25, -0.2) is 15.0 Å². The Morgan fingerprint density at radius 2 is 1.81 bits per heavy atom. The first kappa shape index (κ1) is 15.8. The highest BCUT2D eigenvalue weighted by atomic mass is 16.5. The van der Waals surface area contributed by atoms with Crippen LogP contribution in [-0.2, 0) is 4.74 Å². The molecule has 1 aromatic carbocycles. The third kappa shape index (κ3) is 2.70. The van der Waals surface area contributed by atoms with E-state index in [2.05, 4.69) is 19.9 Å². The van der Waals surface area contributed by atoms with Crippen molar-refractivity contribution < 1.29 is 9.15 Å². The fourth-order valence-electron chi connectivity index (χ4n) is 3.39. The quantitative estimate of drug-likeness (QED) is 0.558. The number of rotatable bonds is 2. The lowest BCUT2D eigenvalue weighted by molar-refractivity contribution is 0.122. The molecule has 27 heavy (non-hydrogen) atoms. The van der Waals surface area contributed by atoms with E-state index in [4.69, 9.17) is 20.6 Å². The number of pyridine rings is 2.